The fraction of sp³-hybridized carbons (Fsp3) is 0.533. The molecule has 6 heteroatoms. The first kappa shape index (κ1) is 14.2. The van der Waals surface area contributed by atoms with Crippen LogP contribution in [0.4, 0.5) is 0 Å². The standard InChI is InChI=1S/C15H21N5O/c1-12-7-16-8-13(18-12)9-19-10-14-3-5-17-20(14)6-4-15(19)11-21-2/h3,5,7-8,15H,4,6,9-11H2,1-2H3/t15-/m0/s1. The highest BCUT2D eigenvalue weighted by Gasteiger charge is 2.24. The van der Waals surface area contributed by atoms with Gasteiger partial charge in [-0.15, -0.1) is 0 Å². The van der Waals surface area contributed by atoms with E-state index in [4.69, 9.17) is 4.74 Å². The number of aromatic nitrogens is 4. The second kappa shape index (κ2) is 6.32. The van der Waals surface area contributed by atoms with Gasteiger partial charge in [-0.2, -0.15) is 5.10 Å². The molecule has 1 aliphatic heterocycles. The third kappa shape index (κ3) is 3.28. The summed E-state index contributed by atoms with van der Waals surface area (Å²) in [5.74, 6) is 0. The van der Waals surface area contributed by atoms with E-state index < -0.39 is 0 Å². The summed E-state index contributed by atoms with van der Waals surface area (Å²) in [5, 5.41) is 4.39. The lowest BCUT2D eigenvalue weighted by atomic mass is 10.2. The second-order valence-electron chi connectivity index (χ2n) is 5.50. The maximum absolute atomic E-state index is 5.40. The highest BCUT2D eigenvalue weighted by atomic mass is 16.5. The zero-order valence-corrected chi connectivity index (χ0v) is 12.6. The van der Waals surface area contributed by atoms with Crippen molar-refractivity contribution < 1.29 is 4.74 Å². The van der Waals surface area contributed by atoms with Gasteiger partial charge in [-0.1, -0.05) is 0 Å². The van der Waals surface area contributed by atoms with Gasteiger partial charge >= 0.3 is 0 Å². The Bertz CT molecular complexity index is 597. The predicted molar refractivity (Wildman–Crippen MR) is 78.5 cm³/mol. The quantitative estimate of drug-likeness (QED) is 0.851. The van der Waals surface area contributed by atoms with Gasteiger partial charge < -0.3 is 4.74 Å². The zero-order chi connectivity index (χ0) is 14.7. The zero-order valence-electron chi connectivity index (χ0n) is 12.6. The maximum atomic E-state index is 5.40. The number of ether oxygens (including phenoxy) is 1. The molecule has 6 nitrogen and oxygen atoms in total. The minimum Gasteiger partial charge on any atom is -0.383 e. The van der Waals surface area contributed by atoms with E-state index in [0.29, 0.717) is 6.04 Å². The molecule has 2 aromatic heterocycles. The lowest BCUT2D eigenvalue weighted by molar-refractivity contribution is 0.0771. The van der Waals surface area contributed by atoms with Crippen LogP contribution in [0, 0.1) is 6.92 Å². The number of aryl methyl sites for hydroxylation is 2. The maximum Gasteiger partial charge on any atom is 0.0730 e. The Kier molecular flexibility index (Phi) is 4.26. The SMILES string of the molecule is COC[C@@H]1CCn2nccc2CN1Cc1cncc(C)n1. The fourth-order valence-electron chi connectivity index (χ4n) is 2.85. The van der Waals surface area contributed by atoms with Gasteiger partial charge in [0.15, 0.2) is 0 Å². The average molecular weight is 287 g/mol. The van der Waals surface area contributed by atoms with E-state index in [1.165, 1.54) is 5.69 Å². The minimum atomic E-state index is 0.374. The highest BCUT2D eigenvalue weighted by molar-refractivity contribution is 5.06. The van der Waals surface area contributed by atoms with Crippen molar-refractivity contribution in [3.05, 3.63) is 41.7 Å². The minimum absolute atomic E-state index is 0.374. The van der Waals surface area contributed by atoms with Crippen molar-refractivity contribution in [2.24, 2.45) is 0 Å². The molecule has 0 amide bonds. The van der Waals surface area contributed by atoms with Crippen molar-refractivity contribution in [2.45, 2.75) is 39.0 Å². The van der Waals surface area contributed by atoms with Gasteiger partial charge in [-0.25, -0.2) is 0 Å². The molecule has 2 aromatic rings. The normalized spacial score (nSPS) is 19.2. The Labute approximate surface area is 124 Å². The van der Waals surface area contributed by atoms with Crippen LogP contribution in [-0.4, -0.2) is 44.4 Å². The van der Waals surface area contributed by atoms with Crippen molar-refractivity contribution in [2.75, 3.05) is 13.7 Å². The summed E-state index contributed by atoms with van der Waals surface area (Å²) in [6.07, 6.45) is 6.53. The lowest BCUT2D eigenvalue weighted by Gasteiger charge is -2.28. The molecule has 0 aromatic carbocycles. The van der Waals surface area contributed by atoms with Crippen molar-refractivity contribution in [3.63, 3.8) is 0 Å². The second-order valence-corrected chi connectivity index (χ2v) is 5.50. The molecular formula is C15H21N5O. The summed E-state index contributed by atoms with van der Waals surface area (Å²) < 4.78 is 7.48. The summed E-state index contributed by atoms with van der Waals surface area (Å²) in [4.78, 5) is 11.2. The van der Waals surface area contributed by atoms with Crippen molar-refractivity contribution in [1.29, 1.82) is 0 Å². The Morgan fingerprint density at radius 1 is 1.38 bits per heavy atom. The molecule has 1 atom stereocenters. The molecule has 112 valence electrons. The molecule has 0 fully saturated rings. The summed E-state index contributed by atoms with van der Waals surface area (Å²) in [6.45, 7) is 5.29. The molecule has 21 heavy (non-hydrogen) atoms. The fourth-order valence-corrected chi connectivity index (χ4v) is 2.85. The van der Waals surface area contributed by atoms with E-state index in [2.05, 4.69) is 30.7 Å². The van der Waals surface area contributed by atoms with E-state index in [-0.39, 0.29) is 0 Å². The van der Waals surface area contributed by atoms with E-state index in [1.807, 2.05) is 19.3 Å². The molecule has 0 aliphatic carbocycles. The lowest BCUT2D eigenvalue weighted by Crippen LogP contribution is -2.37. The Balaban J connectivity index is 1.81. The molecule has 3 rings (SSSR count). The van der Waals surface area contributed by atoms with Crippen LogP contribution in [0.5, 0.6) is 0 Å². The number of rotatable bonds is 4. The molecule has 1 aliphatic rings. The van der Waals surface area contributed by atoms with Gasteiger partial charge in [-0.05, 0) is 19.4 Å². The van der Waals surface area contributed by atoms with Crippen LogP contribution in [0.1, 0.15) is 23.5 Å². The topological polar surface area (TPSA) is 56.1 Å². The van der Waals surface area contributed by atoms with Gasteiger partial charge in [0, 0.05) is 51.4 Å². The Morgan fingerprint density at radius 2 is 2.29 bits per heavy atom. The monoisotopic (exact) mass is 287 g/mol. The average Bonchev–Trinajstić information content (AvgIpc) is 2.84. The van der Waals surface area contributed by atoms with E-state index in [0.717, 1.165) is 44.0 Å². The van der Waals surface area contributed by atoms with Gasteiger partial charge in [0.05, 0.1) is 23.7 Å². The van der Waals surface area contributed by atoms with Gasteiger partial charge in [0.25, 0.3) is 0 Å². The van der Waals surface area contributed by atoms with Crippen molar-refractivity contribution >= 4 is 0 Å². The number of hydrogen-bond donors (Lipinski definition) is 0. The van der Waals surface area contributed by atoms with Gasteiger partial charge in [0.2, 0.25) is 0 Å². The van der Waals surface area contributed by atoms with Crippen LogP contribution in [0.2, 0.25) is 0 Å². The first-order chi connectivity index (χ1) is 10.3. The van der Waals surface area contributed by atoms with Crippen LogP contribution in [-0.2, 0) is 24.4 Å². The van der Waals surface area contributed by atoms with E-state index >= 15 is 0 Å². The first-order valence-electron chi connectivity index (χ1n) is 7.27. The molecule has 0 spiro atoms. The van der Waals surface area contributed by atoms with Crippen molar-refractivity contribution in [1.82, 2.24) is 24.6 Å². The van der Waals surface area contributed by atoms with Crippen LogP contribution < -0.4 is 0 Å². The molecule has 0 saturated heterocycles. The smallest absolute Gasteiger partial charge is 0.0730 e. The Hall–Kier alpha value is -1.79. The van der Waals surface area contributed by atoms with Crippen LogP contribution in [0.25, 0.3) is 0 Å². The van der Waals surface area contributed by atoms with Crippen LogP contribution in [0.15, 0.2) is 24.7 Å². The molecule has 0 radical (unpaired) electrons. The molecular weight excluding hydrogens is 266 g/mol. The van der Waals surface area contributed by atoms with Gasteiger partial charge in [-0.3, -0.25) is 19.5 Å². The number of hydrogen-bond acceptors (Lipinski definition) is 5. The predicted octanol–water partition coefficient (Wildman–Crippen LogP) is 1.40. The summed E-state index contributed by atoms with van der Waals surface area (Å²) >= 11 is 0. The molecule has 0 saturated carbocycles. The molecule has 0 bridgehead atoms. The number of nitrogens with zero attached hydrogens (tertiary/aromatic N) is 5. The molecule has 0 unspecified atom stereocenters. The van der Waals surface area contributed by atoms with E-state index in [1.54, 1.807) is 13.3 Å². The van der Waals surface area contributed by atoms with Crippen molar-refractivity contribution in [3.8, 4) is 0 Å². The third-order valence-corrected chi connectivity index (χ3v) is 3.89. The van der Waals surface area contributed by atoms with E-state index in [9.17, 15) is 0 Å². The van der Waals surface area contributed by atoms with Crippen LogP contribution in [0.3, 0.4) is 0 Å². The number of methoxy groups -OCH3 is 1. The third-order valence-electron chi connectivity index (χ3n) is 3.89. The summed E-state index contributed by atoms with van der Waals surface area (Å²) in [7, 11) is 1.76. The molecule has 0 N–H and O–H groups in total. The van der Waals surface area contributed by atoms with Crippen LogP contribution >= 0.6 is 0 Å². The highest BCUT2D eigenvalue weighted by Crippen LogP contribution is 2.19. The summed E-state index contributed by atoms with van der Waals surface area (Å²) in [6, 6.07) is 2.46. The van der Waals surface area contributed by atoms with Gasteiger partial charge in [0.1, 0.15) is 0 Å². The number of fused-ring (bicyclic) bond motifs is 1. The molecule has 3 heterocycles. The Morgan fingerprint density at radius 3 is 3.10 bits per heavy atom. The summed E-state index contributed by atoms with van der Waals surface area (Å²) in [5.41, 5.74) is 3.20. The first-order valence-corrected chi connectivity index (χ1v) is 7.27. The largest absolute Gasteiger partial charge is 0.383 e.